The van der Waals surface area contributed by atoms with Crippen LogP contribution in [0.2, 0.25) is 0 Å². The van der Waals surface area contributed by atoms with Gasteiger partial charge in [0.25, 0.3) is 0 Å². The number of fused-ring (bicyclic) bond motifs is 4. The average Bonchev–Trinajstić information content (AvgIpc) is 3.28. The SMILES string of the molecule is O=C(OC1C[N+]2(Cc3cc(C(O)CNCCCCCCOCCCCc4ccccc4)ccc3OCOP(=O)(O)O)CCC1CC2)N1CCc2ccccc2C1C1CCCCC1. The number of phosphoric acid groups is 1. The lowest BCUT2D eigenvalue weighted by molar-refractivity contribution is -0.958. The molecule has 3 aromatic rings. The molecule has 3 aromatic carbocycles. The predicted molar refractivity (Wildman–Crippen MR) is 239 cm³/mol. The van der Waals surface area contributed by atoms with Crippen LogP contribution in [-0.4, -0.2) is 95.7 Å². The van der Waals surface area contributed by atoms with Gasteiger partial charge in [0.1, 0.15) is 18.8 Å². The molecule has 12 nitrogen and oxygen atoms in total. The number of carbonyl (C=O) groups excluding carboxylic acids is 1. The lowest BCUT2D eigenvalue weighted by Gasteiger charge is -2.52. The van der Waals surface area contributed by atoms with Gasteiger partial charge in [-0.05, 0) is 98.2 Å². The summed E-state index contributed by atoms with van der Waals surface area (Å²) in [6.45, 7) is 5.98. The lowest BCUT2D eigenvalue weighted by Crippen LogP contribution is -2.64. The molecule has 13 heteroatoms. The van der Waals surface area contributed by atoms with Gasteiger partial charge in [-0.3, -0.25) is 0 Å². The van der Waals surface area contributed by atoms with Crippen LogP contribution in [0, 0.1) is 11.8 Å². The van der Waals surface area contributed by atoms with Gasteiger partial charge in [0.05, 0.1) is 25.2 Å². The van der Waals surface area contributed by atoms with Crippen LogP contribution in [0.1, 0.15) is 123 Å². The van der Waals surface area contributed by atoms with Gasteiger partial charge < -0.3 is 43.8 Å². The number of nitrogens with zero attached hydrogens (tertiary/aromatic N) is 2. The minimum absolute atomic E-state index is 0.0478. The van der Waals surface area contributed by atoms with E-state index in [1.165, 1.54) is 36.0 Å². The third kappa shape index (κ3) is 13.4. The number of piperidine rings is 3. The summed E-state index contributed by atoms with van der Waals surface area (Å²) in [4.78, 5) is 34.9. The van der Waals surface area contributed by atoms with Gasteiger partial charge in [-0.2, -0.15) is 0 Å². The summed E-state index contributed by atoms with van der Waals surface area (Å²) >= 11 is 0. The highest BCUT2D eigenvalue weighted by Crippen LogP contribution is 2.44. The highest BCUT2D eigenvalue weighted by Gasteiger charge is 2.49. The number of amides is 1. The molecule has 0 aromatic heterocycles. The van der Waals surface area contributed by atoms with Crippen molar-refractivity contribution in [3.8, 4) is 5.75 Å². The molecule has 5 aliphatic rings. The standard InChI is InChI=1S/C49H70N3O9P/c53-45(34-50-27-12-1-2-13-31-58-32-14-11-17-38-15-5-3-6-16-38)42-22-23-46(59-37-60-62(55,56)57)43(33-42)35-52-29-25-40(26-30-52)47(36-52)61-49(54)51-28-24-39-18-9-10-21-44(39)48(51)41-19-7-4-8-20-41/h3,5-6,9-10,15-16,18,21-23,33,40-41,45,47-48,50,53H,1-2,4,7-8,11-14,17,19-20,24-32,34-37H2,(H-,55,56,57)/p+1. The Morgan fingerprint density at radius 2 is 1.60 bits per heavy atom. The maximum Gasteiger partial charge on any atom is 0.472 e. The third-order valence-electron chi connectivity index (χ3n) is 13.9. The molecule has 3 saturated heterocycles. The van der Waals surface area contributed by atoms with Crippen molar-refractivity contribution in [2.45, 2.75) is 121 Å². The molecule has 0 radical (unpaired) electrons. The van der Waals surface area contributed by atoms with Crippen LogP contribution in [0.15, 0.2) is 72.8 Å². The molecule has 3 unspecified atom stereocenters. The summed E-state index contributed by atoms with van der Waals surface area (Å²) in [7, 11) is -4.73. The fourth-order valence-electron chi connectivity index (χ4n) is 10.6. The van der Waals surface area contributed by atoms with Crippen molar-refractivity contribution in [2.24, 2.45) is 11.8 Å². The summed E-state index contributed by atoms with van der Waals surface area (Å²) in [5.74, 6) is 1.20. The van der Waals surface area contributed by atoms with Gasteiger partial charge in [0.2, 0.25) is 0 Å². The number of nitrogens with one attached hydrogen (secondary N) is 1. The Morgan fingerprint density at radius 1 is 0.855 bits per heavy atom. The van der Waals surface area contributed by atoms with Crippen LogP contribution in [0.25, 0.3) is 0 Å². The quantitative estimate of drug-likeness (QED) is 0.0316. The molecule has 4 aliphatic heterocycles. The Bertz CT molecular complexity index is 1880. The van der Waals surface area contributed by atoms with Crippen molar-refractivity contribution in [3.05, 3.63) is 101 Å². The fourth-order valence-corrected chi connectivity index (χ4v) is 10.8. The second-order valence-electron chi connectivity index (χ2n) is 18.3. The molecule has 62 heavy (non-hydrogen) atoms. The highest BCUT2D eigenvalue weighted by atomic mass is 31.2. The zero-order valence-corrected chi connectivity index (χ0v) is 37.5. The van der Waals surface area contributed by atoms with E-state index in [0.717, 1.165) is 121 Å². The topological polar surface area (TPSA) is 147 Å². The van der Waals surface area contributed by atoms with Gasteiger partial charge in [-0.25, -0.2) is 13.9 Å². The monoisotopic (exact) mass is 876 g/mol. The van der Waals surface area contributed by atoms with Crippen molar-refractivity contribution >= 4 is 13.9 Å². The lowest BCUT2D eigenvalue weighted by atomic mass is 9.77. The number of aliphatic hydroxyl groups is 1. The van der Waals surface area contributed by atoms with E-state index in [4.69, 9.17) is 14.2 Å². The number of hydrogen-bond acceptors (Lipinski definition) is 8. The second-order valence-corrected chi connectivity index (χ2v) is 19.6. The molecular weight excluding hydrogens is 806 g/mol. The number of carbonyl (C=O) groups is 1. The first kappa shape index (κ1) is 46.7. The Balaban J connectivity index is 0.903. The number of hydrogen-bond donors (Lipinski definition) is 4. The van der Waals surface area contributed by atoms with E-state index >= 15 is 0 Å². The van der Waals surface area contributed by atoms with Gasteiger partial charge in [0, 0.05) is 50.6 Å². The summed E-state index contributed by atoms with van der Waals surface area (Å²) < 4.78 is 35.1. The Labute approximate surface area is 369 Å². The number of aryl methyl sites for hydroxylation is 1. The van der Waals surface area contributed by atoms with Crippen molar-refractivity contribution in [2.75, 3.05) is 59.3 Å². The van der Waals surface area contributed by atoms with Gasteiger partial charge in [-0.15, -0.1) is 0 Å². The van der Waals surface area contributed by atoms with E-state index in [-0.39, 0.29) is 18.2 Å². The molecule has 0 spiro atoms. The number of quaternary nitrogens is 1. The number of aliphatic hydroxyl groups excluding tert-OH is 1. The van der Waals surface area contributed by atoms with Crippen LogP contribution >= 0.6 is 7.82 Å². The van der Waals surface area contributed by atoms with Crippen LogP contribution in [0.5, 0.6) is 5.75 Å². The van der Waals surface area contributed by atoms with E-state index in [2.05, 4.69) is 64.4 Å². The van der Waals surface area contributed by atoms with E-state index in [9.17, 15) is 24.3 Å². The average molecular weight is 877 g/mol. The second kappa shape index (κ2) is 23.0. The maximum absolute atomic E-state index is 14.3. The normalized spacial score (nSPS) is 23.2. The minimum Gasteiger partial charge on any atom is -0.466 e. The van der Waals surface area contributed by atoms with E-state index in [1.807, 2.05) is 11.0 Å². The molecule has 4 heterocycles. The van der Waals surface area contributed by atoms with Crippen LogP contribution < -0.4 is 10.1 Å². The number of ether oxygens (including phenoxy) is 3. The minimum atomic E-state index is -4.73. The molecule has 4 N–H and O–H groups in total. The van der Waals surface area contributed by atoms with Gasteiger partial charge in [-0.1, -0.05) is 92.8 Å². The molecular formula is C49H71N3O9P+. The van der Waals surface area contributed by atoms with Gasteiger partial charge in [0.15, 0.2) is 12.9 Å². The summed E-state index contributed by atoms with van der Waals surface area (Å²) in [6, 6.07) is 24.8. The van der Waals surface area contributed by atoms with Crippen molar-refractivity contribution in [3.63, 3.8) is 0 Å². The Hall–Kier alpha value is -3.32. The largest absolute Gasteiger partial charge is 0.472 e. The van der Waals surface area contributed by atoms with E-state index in [1.54, 1.807) is 12.1 Å². The summed E-state index contributed by atoms with van der Waals surface area (Å²) in [6.07, 6.45) is 15.1. The molecule has 2 bridgehead atoms. The predicted octanol–water partition coefficient (Wildman–Crippen LogP) is 8.78. The third-order valence-corrected chi connectivity index (χ3v) is 14.4. The van der Waals surface area contributed by atoms with E-state index < -0.39 is 20.7 Å². The molecule has 4 fully saturated rings. The zero-order chi connectivity index (χ0) is 43.2. The molecule has 1 saturated carbocycles. The molecule has 8 rings (SSSR count). The van der Waals surface area contributed by atoms with Crippen molar-refractivity contribution in [1.82, 2.24) is 10.2 Å². The number of unbranched alkanes of at least 4 members (excludes halogenated alkanes) is 4. The molecule has 1 aliphatic carbocycles. The van der Waals surface area contributed by atoms with Crippen molar-refractivity contribution in [1.29, 1.82) is 0 Å². The highest BCUT2D eigenvalue weighted by molar-refractivity contribution is 7.46. The smallest absolute Gasteiger partial charge is 0.466 e. The van der Waals surface area contributed by atoms with Crippen LogP contribution in [0.3, 0.4) is 0 Å². The Morgan fingerprint density at radius 3 is 2.39 bits per heavy atom. The first-order valence-corrected chi connectivity index (χ1v) is 25.1. The van der Waals surface area contributed by atoms with Crippen molar-refractivity contribution < 1.29 is 47.5 Å². The summed E-state index contributed by atoms with van der Waals surface area (Å²) in [5, 5.41) is 14.7. The fraction of sp³-hybridized carbons (Fsp3) is 0.612. The Kier molecular flexibility index (Phi) is 17.3. The van der Waals surface area contributed by atoms with Crippen LogP contribution in [-0.2, 0) is 37.9 Å². The maximum atomic E-state index is 14.3. The molecule has 340 valence electrons. The number of rotatable bonds is 23. The molecule has 1 amide bonds. The van der Waals surface area contributed by atoms with E-state index in [0.29, 0.717) is 48.2 Å². The van der Waals surface area contributed by atoms with Crippen LogP contribution in [0.4, 0.5) is 4.79 Å². The zero-order valence-electron chi connectivity index (χ0n) is 36.6. The molecule has 3 atom stereocenters. The first-order chi connectivity index (χ1) is 30.2. The number of benzene rings is 3. The summed E-state index contributed by atoms with van der Waals surface area (Å²) in [5.41, 5.74) is 5.58. The number of phosphoric ester groups is 1. The first-order valence-electron chi connectivity index (χ1n) is 23.5. The van der Waals surface area contributed by atoms with Gasteiger partial charge >= 0.3 is 13.9 Å².